The second-order valence-corrected chi connectivity index (χ2v) is 4.76. The van der Waals surface area contributed by atoms with Gasteiger partial charge in [-0.05, 0) is 49.5 Å². The van der Waals surface area contributed by atoms with E-state index in [-0.39, 0.29) is 0 Å². The zero-order chi connectivity index (χ0) is 12.7. The normalized spacial score (nSPS) is 14.4. The highest BCUT2D eigenvalue weighted by molar-refractivity contribution is 5.28. The Morgan fingerprint density at radius 2 is 2.12 bits per heavy atom. The molecule has 2 nitrogen and oxygen atoms in total. The number of methoxy groups -OCH3 is 1. The van der Waals surface area contributed by atoms with Gasteiger partial charge in [-0.2, -0.15) is 0 Å². The first kappa shape index (κ1) is 14.0. The van der Waals surface area contributed by atoms with E-state index in [0.717, 1.165) is 24.6 Å². The summed E-state index contributed by atoms with van der Waals surface area (Å²) < 4.78 is 5.27. The Hall–Kier alpha value is -1.02. The molecule has 2 unspecified atom stereocenters. The Morgan fingerprint density at radius 1 is 1.35 bits per heavy atom. The van der Waals surface area contributed by atoms with Crippen LogP contribution in [0.2, 0.25) is 0 Å². The molecule has 1 aromatic rings. The second kappa shape index (κ2) is 7.33. The summed E-state index contributed by atoms with van der Waals surface area (Å²) in [5.41, 5.74) is 1.37. The molecule has 1 aromatic carbocycles. The van der Waals surface area contributed by atoms with Crippen LogP contribution in [-0.2, 0) is 6.42 Å². The van der Waals surface area contributed by atoms with E-state index in [4.69, 9.17) is 4.74 Å². The van der Waals surface area contributed by atoms with E-state index in [2.05, 4.69) is 37.4 Å². The minimum absolute atomic E-state index is 0.692. The molecular formula is C15H25NO. The van der Waals surface area contributed by atoms with Gasteiger partial charge in [-0.3, -0.25) is 0 Å². The fraction of sp³-hybridized carbons (Fsp3) is 0.600. The van der Waals surface area contributed by atoms with Gasteiger partial charge in [0.25, 0.3) is 0 Å². The monoisotopic (exact) mass is 235 g/mol. The summed E-state index contributed by atoms with van der Waals surface area (Å²) in [5.74, 6) is 2.39. The highest BCUT2D eigenvalue weighted by Crippen LogP contribution is 2.22. The molecule has 96 valence electrons. The zero-order valence-electron chi connectivity index (χ0n) is 11.5. The largest absolute Gasteiger partial charge is 0.497 e. The van der Waals surface area contributed by atoms with Gasteiger partial charge in [0.1, 0.15) is 5.75 Å². The third-order valence-electron chi connectivity index (χ3n) is 3.55. The van der Waals surface area contributed by atoms with E-state index in [1.807, 2.05) is 13.1 Å². The van der Waals surface area contributed by atoms with Crippen molar-refractivity contribution in [1.29, 1.82) is 0 Å². The Balaban J connectivity index is 2.70. The first-order valence-electron chi connectivity index (χ1n) is 6.48. The highest BCUT2D eigenvalue weighted by Gasteiger charge is 2.15. The molecule has 0 amide bonds. The van der Waals surface area contributed by atoms with Crippen LogP contribution in [0.1, 0.15) is 25.8 Å². The Labute approximate surface area is 105 Å². The molecule has 2 heteroatoms. The van der Waals surface area contributed by atoms with Gasteiger partial charge in [0.2, 0.25) is 0 Å². The maximum atomic E-state index is 5.27. The summed E-state index contributed by atoms with van der Waals surface area (Å²) in [7, 11) is 3.75. The average Bonchev–Trinajstić information content (AvgIpc) is 2.37. The quantitative estimate of drug-likeness (QED) is 0.784. The number of rotatable bonds is 7. The van der Waals surface area contributed by atoms with Gasteiger partial charge in [-0.1, -0.05) is 32.4 Å². The van der Waals surface area contributed by atoms with E-state index in [1.165, 1.54) is 12.0 Å². The lowest BCUT2D eigenvalue weighted by atomic mass is 9.86. The van der Waals surface area contributed by atoms with E-state index >= 15 is 0 Å². The molecule has 0 heterocycles. The van der Waals surface area contributed by atoms with Gasteiger partial charge < -0.3 is 10.1 Å². The molecule has 0 aliphatic heterocycles. The van der Waals surface area contributed by atoms with Crippen LogP contribution >= 0.6 is 0 Å². The predicted octanol–water partition coefficient (Wildman–Crippen LogP) is 3.12. The van der Waals surface area contributed by atoms with E-state index < -0.39 is 0 Å². The van der Waals surface area contributed by atoms with Crippen molar-refractivity contribution in [2.75, 3.05) is 20.7 Å². The van der Waals surface area contributed by atoms with Gasteiger partial charge in [0.15, 0.2) is 0 Å². The van der Waals surface area contributed by atoms with Crippen molar-refractivity contribution >= 4 is 0 Å². The van der Waals surface area contributed by atoms with Crippen molar-refractivity contribution in [2.24, 2.45) is 11.8 Å². The zero-order valence-corrected chi connectivity index (χ0v) is 11.5. The van der Waals surface area contributed by atoms with E-state index in [1.54, 1.807) is 7.11 Å². The number of hydrogen-bond donors (Lipinski definition) is 1. The summed E-state index contributed by atoms with van der Waals surface area (Å²) >= 11 is 0. The van der Waals surface area contributed by atoms with Crippen LogP contribution in [0.25, 0.3) is 0 Å². The fourth-order valence-corrected chi connectivity index (χ4v) is 2.17. The van der Waals surface area contributed by atoms with Crippen LogP contribution < -0.4 is 10.1 Å². The number of benzene rings is 1. The van der Waals surface area contributed by atoms with Gasteiger partial charge in [-0.25, -0.2) is 0 Å². The van der Waals surface area contributed by atoms with Crippen LogP contribution in [0.15, 0.2) is 24.3 Å². The molecule has 0 saturated heterocycles. The van der Waals surface area contributed by atoms with Crippen molar-refractivity contribution < 1.29 is 4.74 Å². The van der Waals surface area contributed by atoms with Crippen molar-refractivity contribution in [3.05, 3.63) is 29.8 Å². The molecule has 1 rings (SSSR count). The number of hydrogen-bond acceptors (Lipinski definition) is 2. The molecule has 0 spiro atoms. The summed E-state index contributed by atoms with van der Waals surface area (Å²) in [6.45, 7) is 5.67. The van der Waals surface area contributed by atoms with Crippen molar-refractivity contribution in [1.82, 2.24) is 5.32 Å². The minimum Gasteiger partial charge on any atom is -0.497 e. The van der Waals surface area contributed by atoms with Crippen molar-refractivity contribution in [3.8, 4) is 5.75 Å². The SMILES string of the molecule is CCC(C)C(CNC)Cc1cccc(OC)c1. The Kier molecular flexibility index (Phi) is 6.06. The number of ether oxygens (including phenoxy) is 1. The van der Waals surface area contributed by atoms with Crippen LogP contribution in [0.4, 0.5) is 0 Å². The highest BCUT2D eigenvalue weighted by atomic mass is 16.5. The third kappa shape index (κ3) is 4.39. The molecule has 17 heavy (non-hydrogen) atoms. The summed E-state index contributed by atoms with van der Waals surface area (Å²) in [4.78, 5) is 0. The lowest BCUT2D eigenvalue weighted by Crippen LogP contribution is -2.26. The van der Waals surface area contributed by atoms with Gasteiger partial charge in [0.05, 0.1) is 7.11 Å². The maximum absolute atomic E-state index is 5.27. The van der Waals surface area contributed by atoms with E-state index in [0.29, 0.717) is 5.92 Å². The maximum Gasteiger partial charge on any atom is 0.119 e. The topological polar surface area (TPSA) is 21.3 Å². The Bertz CT molecular complexity index is 324. The minimum atomic E-state index is 0.692. The first-order valence-corrected chi connectivity index (χ1v) is 6.48. The molecular weight excluding hydrogens is 210 g/mol. The second-order valence-electron chi connectivity index (χ2n) is 4.76. The van der Waals surface area contributed by atoms with Crippen molar-refractivity contribution in [3.63, 3.8) is 0 Å². The van der Waals surface area contributed by atoms with Crippen LogP contribution in [0.5, 0.6) is 5.75 Å². The predicted molar refractivity (Wildman–Crippen MR) is 73.6 cm³/mol. The molecule has 0 aromatic heterocycles. The van der Waals surface area contributed by atoms with Crippen LogP contribution in [0, 0.1) is 11.8 Å². The molecule has 2 atom stereocenters. The van der Waals surface area contributed by atoms with Gasteiger partial charge in [0, 0.05) is 0 Å². The standard InChI is InChI=1S/C15H25NO/c1-5-12(2)14(11-16-3)9-13-7-6-8-15(10-13)17-4/h6-8,10,12,14,16H,5,9,11H2,1-4H3. The van der Waals surface area contributed by atoms with Crippen molar-refractivity contribution in [2.45, 2.75) is 26.7 Å². The number of nitrogens with one attached hydrogen (secondary N) is 1. The smallest absolute Gasteiger partial charge is 0.119 e. The van der Waals surface area contributed by atoms with Crippen LogP contribution in [0.3, 0.4) is 0 Å². The lowest BCUT2D eigenvalue weighted by Gasteiger charge is -2.23. The molecule has 1 N–H and O–H groups in total. The molecule has 0 fully saturated rings. The lowest BCUT2D eigenvalue weighted by molar-refractivity contribution is 0.336. The molecule has 0 saturated carbocycles. The molecule has 0 radical (unpaired) electrons. The molecule has 0 aliphatic rings. The summed E-state index contributed by atoms with van der Waals surface area (Å²) in [6, 6.07) is 8.40. The van der Waals surface area contributed by atoms with Gasteiger partial charge in [-0.15, -0.1) is 0 Å². The Morgan fingerprint density at radius 3 is 2.71 bits per heavy atom. The summed E-state index contributed by atoms with van der Waals surface area (Å²) in [6.07, 6.45) is 2.35. The van der Waals surface area contributed by atoms with Gasteiger partial charge >= 0.3 is 0 Å². The summed E-state index contributed by atoms with van der Waals surface area (Å²) in [5, 5.41) is 3.30. The average molecular weight is 235 g/mol. The molecule has 0 aliphatic carbocycles. The fourth-order valence-electron chi connectivity index (χ4n) is 2.17. The van der Waals surface area contributed by atoms with Crippen LogP contribution in [-0.4, -0.2) is 20.7 Å². The molecule has 0 bridgehead atoms. The van der Waals surface area contributed by atoms with E-state index in [9.17, 15) is 0 Å². The third-order valence-corrected chi connectivity index (χ3v) is 3.55. The first-order chi connectivity index (χ1) is 8.21.